The third-order valence-electron chi connectivity index (χ3n) is 2.69. The summed E-state index contributed by atoms with van der Waals surface area (Å²) >= 11 is 5.07. The highest BCUT2D eigenvalue weighted by atomic mass is 79.9. The third kappa shape index (κ3) is 3.31. The molecule has 1 unspecified atom stereocenters. The van der Waals surface area contributed by atoms with Crippen LogP contribution in [0, 0.1) is 0 Å². The summed E-state index contributed by atoms with van der Waals surface area (Å²) in [6.07, 6.45) is 1.06. The van der Waals surface area contributed by atoms with Crippen molar-refractivity contribution in [2.75, 3.05) is 5.73 Å². The number of nitrogens with two attached hydrogens (primary N) is 1. The summed E-state index contributed by atoms with van der Waals surface area (Å²) in [7, 11) is 0. The molecule has 2 nitrogen and oxygen atoms in total. The number of thiophene rings is 1. The van der Waals surface area contributed by atoms with E-state index in [4.69, 9.17) is 5.73 Å². The molecule has 17 heavy (non-hydrogen) atoms. The number of hydrogen-bond acceptors (Lipinski definition) is 3. The Balaban J connectivity index is 2.04. The number of rotatable bonds is 4. The Kier molecular flexibility index (Phi) is 4.20. The Morgan fingerprint density at radius 2 is 2.18 bits per heavy atom. The van der Waals surface area contributed by atoms with E-state index < -0.39 is 6.10 Å². The molecule has 0 fully saturated rings. The van der Waals surface area contributed by atoms with Crippen LogP contribution in [0.5, 0.6) is 0 Å². The number of aliphatic hydroxyl groups is 1. The topological polar surface area (TPSA) is 46.2 Å². The molecular weight excluding hydrogens is 298 g/mol. The summed E-state index contributed by atoms with van der Waals surface area (Å²) in [6, 6.07) is 7.66. The minimum Gasteiger partial charge on any atom is -0.398 e. The van der Waals surface area contributed by atoms with E-state index in [1.807, 2.05) is 18.2 Å². The van der Waals surface area contributed by atoms with E-state index in [1.165, 1.54) is 5.56 Å². The molecule has 0 aliphatic heterocycles. The molecule has 0 radical (unpaired) electrons. The first kappa shape index (κ1) is 12.6. The van der Waals surface area contributed by atoms with Crippen LogP contribution in [0.1, 0.15) is 23.7 Å². The van der Waals surface area contributed by atoms with E-state index in [0.717, 1.165) is 16.5 Å². The lowest BCUT2D eigenvalue weighted by atomic mass is 10.0. The molecule has 4 heteroatoms. The van der Waals surface area contributed by atoms with Crippen LogP contribution in [0.2, 0.25) is 0 Å². The molecule has 0 spiro atoms. The van der Waals surface area contributed by atoms with Crippen LogP contribution in [0.15, 0.2) is 39.5 Å². The number of hydrogen-bond donors (Lipinski definition) is 2. The van der Waals surface area contributed by atoms with Crippen LogP contribution in [-0.2, 0) is 6.42 Å². The number of anilines is 1. The van der Waals surface area contributed by atoms with Crippen LogP contribution in [0.4, 0.5) is 5.69 Å². The standard InChI is InChI=1S/C13H14BrNOS/c14-10-2-3-12(15)11(7-10)13(16)4-1-9-5-6-17-8-9/h2-3,5-8,13,16H,1,4,15H2. The first-order chi connectivity index (χ1) is 8.16. The molecule has 1 aromatic carbocycles. The molecule has 0 aliphatic carbocycles. The quantitative estimate of drug-likeness (QED) is 0.845. The van der Waals surface area contributed by atoms with Gasteiger partial charge >= 0.3 is 0 Å². The van der Waals surface area contributed by atoms with Gasteiger partial charge in [-0.25, -0.2) is 0 Å². The predicted octanol–water partition coefficient (Wildman–Crippen LogP) is 3.76. The zero-order valence-electron chi connectivity index (χ0n) is 9.27. The van der Waals surface area contributed by atoms with E-state index in [9.17, 15) is 5.11 Å². The molecule has 0 saturated heterocycles. The molecule has 2 aromatic rings. The summed E-state index contributed by atoms with van der Waals surface area (Å²) in [5.41, 5.74) is 8.57. The summed E-state index contributed by atoms with van der Waals surface area (Å²) in [5.74, 6) is 0. The highest BCUT2D eigenvalue weighted by Crippen LogP contribution is 2.27. The highest BCUT2D eigenvalue weighted by Gasteiger charge is 2.11. The van der Waals surface area contributed by atoms with E-state index >= 15 is 0 Å². The Bertz CT molecular complexity index is 484. The normalized spacial score (nSPS) is 12.6. The van der Waals surface area contributed by atoms with Gasteiger partial charge in [0.25, 0.3) is 0 Å². The molecule has 0 saturated carbocycles. The van der Waals surface area contributed by atoms with Crippen molar-refractivity contribution in [1.82, 2.24) is 0 Å². The number of benzene rings is 1. The van der Waals surface area contributed by atoms with Gasteiger partial charge in [-0.05, 0) is 53.4 Å². The Hall–Kier alpha value is -0.840. The Labute approximate surface area is 113 Å². The second-order valence-corrected chi connectivity index (χ2v) is 5.66. The molecule has 90 valence electrons. The number of aryl methyl sites for hydroxylation is 1. The molecule has 0 amide bonds. The molecular formula is C13H14BrNOS. The molecule has 2 rings (SSSR count). The summed E-state index contributed by atoms with van der Waals surface area (Å²) in [4.78, 5) is 0. The maximum atomic E-state index is 10.1. The second kappa shape index (κ2) is 5.67. The molecule has 0 bridgehead atoms. The molecule has 1 atom stereocenters. The van der Waals surface area contributed by atoms with Crippen LogP contribution in [0.25, 0.3) is 0 Å². The fourth-order valence-electron chi connectivity index (χ4n) is 1.73. The fourth-order valence-corrected chi connectivity index (χ4v) is 2.81. The average molecular weight is 312 g/mol. The van der Waals surface area contributed by atoms with E-state index in [0.29, 0.717) is 12.1 Å². The molecule has 3 N–H and O–H groups in total. The summed E-state index contributed by atoms with van der Waals surface area (Å²) in [5, 5.41) is 14.3. The van der Waals surface area contributed by atoms with Gasteiger partial charge in [0.2, 0.25) is 0 Å². The maximum Gasteiger partial charge on any atom is 0.0813 e. The van der Waals surface area contributed by atoms with Crippen molar-refractivity contribution >= 4 is 33.0 Å². The van der Waals surface area contributed by atoms with E-state index in [2.05, 4.69) is 32.8 Å². The van der Waals surface area contributed by atoms with Crippen LogP contribution >= 0.6 is 27.3 Å². The lowest BCUT2D eigenvalue weighted by Crippen LogP contribution is -2.03. The molecule has 1 heterocycles. The van der Waals surface area contributed by atoms with Gasteiger partial charge in [-0.2, -0.15) is 11.3 Å². The van der Waals surface area contributed by atoms with Crippen molar-refractivity contribution in [2.45, 2.75) is 18.9 Å². The fraction of sp³-hybridized carbons (Fsp3) is 0.231. The average Bonchev–Trinajstić information content (AvgIpc) is 2.82. The van der Waals surface area contributed by atoms with Gasteiger partial charge in [0.05, 0.1) is 6.10 Å². The van der Waals surface area contributed by atoms with Crippen molar-refractivity contribution < 1.29 is 5.11 Å². The van der Waals surface area contributed by atoms with Gasteiger partial charge in [0.15, 0.2) is 0 Å². The van der Waals surface area contributed by atoms with Gasteiger partial charge in [0.1, 0.15) is 0 Å². The van der Waals surface area contributed by atoms with Crippen molar-refractivity contribution in [3.05, 3.63) is 50.6 Å². The number of nitrogen functional groups attached to an aromatic ring is 1. The Morgan fingerprint density at radius 3 is 2.88 bits per heavy atom. The number of halogens is 1. The van der Waals surface area contributed by atoms with Crippen LogP contribution in [-0.4, -0.2) is 5.11 Å². The highest BCUT2D eigenvalue weighted by molar-refractivity contribution is 9.10. The predicted molar refractivity (Wildman–Crippen MR) is 76.2 cm³/mol. The van der Waals surface area contributed by atoms with Crippen molar-refractivity contribution in [1.29, 1.82) is 0 Å². The number of aliphatic hydroxyl groups excluding tert-OH is 1. The lowest BCUT2D eigenvalue weighted by Gasteiger charge is -2.13. The smallest absolute Gasteiger partial charge is 0.0813 e. The maximum absolute atomic E-state index is 10.1. The minimum absolute atomic E-state index is 0.507. The zero-order chi connectivity index (χ0) is 12.3. The summed E-state index contributed by atoms with van der Waals surface area (Å²) < 4.78 is 0.941. The van der Waals surface area contributed by atoms with Gasteiger partial charge in [0, 0.05) is 15.7 Å². The van der Waals surface area contributed by atoms with Crippen LogP contribution < -0.4 is 5.73 Å². The van der Waals surface area contributed by atoms with E-state index in [1.54, 1.807) is 11.3 Å². The van der Waals surface area contributed by atoms with Crippen molar-refractivity contribution in [3.8, 4) is 0 Å². The van der Waals surface area contributed by atoms with Gasteiger partial charge in [-0.15, -0.1) is 0 Å². The SMILES string of the molecule is Nc1ccc(Br)cc1C(O)CCc1ccsc1. The monoisotopic (exact) mass is 311 g/mol. The van der Waals surface area contributed by atoms with Crippen molar-refractivity contribution in [2.24, 2.45) is 0 Å². The molecule has 0 aliphatic rings. The van der Waals surface area contributed by atoms with Gasteiger partial charge in [-0.3, -0.25) is 0 Å². The minimum atomic E-state index is -0.507. The Morgan fingerprint density at radius 1 is 1.35 bits per heavy atom. The van der Waals surface area contributed by atoms with E-state index in [-0.39, 0.29) is 0 Å². The van der Waals surface area contributed by atoms with Crippen molar-refractivity contribution in [3.63, 3.8) is 0 Å². The van der Waals surface area contributed by atoms with Crippen LogP contribution in [0.3, 0.4) is 0 Å². The third-order valence-corrected chi connectivity index (χ3v) is 3.92. The largest absolute Gasteiger partial charge is 0.398 e. The first-order valence-corrected chi connectivity index (χ1v) is 7.14. The lowest BCUT2D eigenvalue weighted by molar-refractivity contribution is 0.168. The first-order valence-electron chi connectivity index (χ1n) is 5.41. The summed E-state index contributed by atoms with van der Waals surface area (Å²) in [6.45, 7) is 0. The zero-order valence-corrected chi connectivity index (χ0v) is 11.7. The second-order valence-electron chi connectivity index (χ2n) is 3.96. The molecule has 1 aromatic heterocycles. The van der Waals surface area contributed by atoms with Gasteiger partial charge in [-0.1, -0.05) is 15.9 Å². The van der Waals surface area contributed by atoms with Gasteiger partial charge < -0.3 is 10.8 Å².